The van der Waals surface area contributed by atoms with Gasteiger partial charge in [-0.1, -0.05) is 32.8 Å². The van der Waals surface area contributed by atoms with Crippen LogP contribution < -0.4 is 0 Å². The summed E-state index contributed by atoms with van der Waals surface area (Å²) in [7, 11) is 0. The quantitative estimate of drug-likeness (QED) is 0.936. The van der Waals surface area contributed by atoms with Gasteiger partial charge in [0.15, 0.2) is 0 Å². The summed E-state index contributed by atoms with van der Waals surface area (Å²) in [4.78, 5) is 14.6. The second kappa shape index (κ2) is 5.51. The van der Waals surface area contributed by atoms with E-state index >= 15 is 0 Å². The van der Waals surface area contributed by atoms with Gasteiger partial charge in [0, 0.05) is 24.0 Å². The molecule has 21 heavy (non-hydrogen) atoms. The van der Waals surface area contributed by atoms with E-state index in [1.807, 2.05) is 23.1 Å². The van der Waals surface area contributed by atoms with Crippen LogP contribution in [-0.4, -0.2) is 34.1 Å². The molecule has 3 rings (SSSR count). The molecule has 0 radical (unpaired) electrons. The third-order valence-electron chi connectivity index (χ3n) is 5.30. The lowest BCUT2D eigenvalue weighted by atomic mass is 9.74. The van der Waals surface area contributed by atoms with Crippen molar-refractivity contribution in [1.82, 2.24) is 15.1 Å². The fourth-order valence-electron chi connectivity index (χ4n) is 3.39. The first-order valence-corrected chi connectivity index (χ1v) is 7.90. The normalized spacial score (nSPS) is 18.1. The van der Waals surface area contributed by atoms with Crippen molar-refractivity contribution in [2.45, 2.75) is 39.5 Å². The van der Waals surface area contributed by atoms with Crippen molar-refractivity contribution >= 4 is 16.8 Å². The molecule has 1 fully saturated rings. The highest BCUT2D eigenvalue weighted by Crippen LogP contribution is 2.38. The van der Waals surface area contributed by atoms with Gasteiger partial charge >= 0.3 is 0 Å². The molecule has 0 bridgehead atoms. The fourth-order valence-corrected chi connectivity index (χ4v) is 3.39. The largest absolute Gasteiger partial charge is 0.339 e. The van der Waals surface area contributed by atoms with Crippen molar-refractivity contribution in [2.24, 2.45) is 5.41 Å². The Morgan fingerprint density at radius 3 is 2.67 bits per heavy atom. The average Bonchev–Trinajstić information content (AvgIpc) is 3.02. The Balaban J connectivity index is 1.74. The Morgan fingerprint density at radius 1 is 1.29 bits per heavy atom. The molecule has 112 valence electrons. The summed E-state index contributed by atoms with van der Waals surface area (Å²) in [5.74, 6) is 0.146. The molecular formula is C17H23N3O. The number of rotatable bonds is 3. The number of carbonyl (C=O) groups is 1. The molecule has 2 heterocycles. The monoisotopic (exact) mass is 285 g/mol. The van der Waals surface area contributed by atoms with E-state index in [9.17, 15) is 4.79 Å². The first-order valence-electron chi connectivity index (χ1n) is 7.90. The van der Waals surface area contributed by atoms with Crippen LogP contribution in [0.3, 0.4) is 0 Å². The number of fused-ring (bicyclic) bond motifs is 1. The molecule has 1 aliphatic rings. The molecule has 1 aromatic heterocycles. The predicted octanol–water partition coefficient (Wildman–Crippen LogP) is 3.61. The molecule has 0 aliphatic carbocycles. The van der Waals surface area contributed by atoms with E-state index in [0.29, 0.717) is 5.41 Å². The van der Waals surface area contributed by atoms with Gasteiger partial charge in [-0.3, -0.25) is 9.89 Å². The van der Waals surface area contributed by atoms with Crippen molar-refractivity contribution in [3.05, 3.63) is 30.0 Å². The number of aromatic nitrogens is 2. The fraction of sp³-hybridized carbons (Fsp3) is 0.529. The molecule has 4 heteroatoms. The van der Waals surface area contributed by atoms with E-state index in [-0.39, 0.29) is 5.91 Å². The number of nitrogens with zero attached hydrogens (tertiary/aromatic N) is 2. The van der Waals surface area contributed by atoms with Crippen molar-refractivity contribution in [3.63, 3.8) is 0 Å². The summed E-state index contributed by atoms with van der Waals surface area (Å²) < 4.78 is 0. The van der Waals surface area contributed by atoms with Crippen LogP contribution in [0.1, 0.15) is 49.9 Å². The van der Waals surface area contributed by atoms with Crippen molar-refractivity contribution in [1.29, 1.82) is 0 Å². The van der Waals surface area contributed by atoms with Gasteiger partial charge < -0.3 is 4.90 Å². The SMILES string of the molecule is CCC1(CC)CCN(C(=O)c2ccc3cn[nH]c3c2)CC1. The molecule has 1 aromatic carbocycles. The van der Waals surface area contributed by atoms with E-state index in [1.54, 1.807) is 6.20 Å². The first kappa shape index (κ1) is 14.1. The standard InChI is InChI=1S/C17H23N3O/c1-3-17(4-2)7-9-20(10-8-17)16(21)13-5-6-14-12-18-19-15(14)11-13/h5-6,11-12H,3-4,7-10H2,1-2H3,(H,18,19). The number of benzene rings is 1. The highest BCUT2D eigenvalue weighted by molar-refractivity contribution is 5.97. The minimum absolute atomic E-state index is 0.146. The number of hydrogen-bond donors (Lipinski definition) is 1. The smallest absolute Gasteiger partial charge is 0.253 e. The van der Waals surface area contributed by atoms with Crippen molar-refractivity contribution in [2.75, 3.05) is 13.1 Å². The molecule has 1 aliphatic heterocycles. The van der Waals surface area contributed by atoms with Crippen LogP contribution in [0.15, 0.2) is 24.4 Å². The zero-order chi connectivity index (χ0) is 14.9. The zero-order valence-corrected chi connectivity index (χ0v) is 12.9. The number of likely N-dealkylation sites (tertiary alicyclic amines) is 1. The number of aromatic amines is 1. The van der Waals surface area contributed by atoms with Gasteiger partial charge in [-0.25, -0.2) is 0 Å². The second-order valence-electron chi connectivity index (χ2n) is 6.17. The third-order valence-corrected chi connectivity index (χ3v) is 5.30. The minimum atomic E-state index is 0.146. The number of nitrogens with one attached hydrogen (secondary N) is 1. The molecule has 4 nitrogen and oxygen atoms in total. The molecular weight excluding hydrogens is 262 g/mol. The lowest BCUT2D eigenvalue weighted by Gasteiger charge is -2.41. The van der Waals surface area contributed by atoms with Crippen LogP contribution in [-0.2, 0) is 0 Å². The molecule has 1 saturated heterocycles. The number of H-pyrrole nitrogens is 1. The van der Waals surface area contributed by atoms with E-state index in [1.165, 1.54) is 12.8 Å². The summed E-state index contributed by atoms with van der Waals surface area (Å²) in [5.41, 5.74) is 2.13. The maximum Gasteiger partial charge on any atom is 0.253 e. The Kier molecular flexibility index (Phi) is 3.70. The van der Waals surface area contributed by atoms with E-state index < -0.39 is 0 Å². The molecule has 0 spiro atoms. The van der Waals surface area contributed by atoms with Gasteiger partial charge in [-0.2, -0.15) is 5.10 Å². The molecule has 1 amide bonds. The van der Waals surface area contributed by atoms with Gasteiger partial charge in [0.25, 0.3) is 5.91 Å². The van der Waals surface area contributed by atoms with E-state index in [4.69, 9.17) is 0 Å². The van der Waals surface area contributed by atoms with Gasteiger partial charge in [-0.15, -0.1) is 0 Å². The summed E-state index contributed by atoms with van der Waals surface area (Å²) in [5, 5.41) is 7.98. The Bertz CT molecular complexity index is 632. The van der Waals surface area contributed by atoms with Crippen molar-refractivity contribution < 1.29 is 4.79 Å². The molecule has 0 atom stereocenters. The van der Waals surface area contributed by atoms with Crippen LogP contribution >= 0.6 is 0 Å². The maximum atomic E-state index is 12.6. The van der Waals surface area contributed by atoms with E-state index in [2.05, 4.69) is 24.0 Å². The second-order valence-corrected chi connectivity index (χ2v) is 6.17. The number of carbonyl (C=O) groups excluding carboxylic acids is 1. The molecule has 0 saturated carbocycles. The highest BCUT2D eigenvalue weighted by Gasteiger charge is 2.33. The van der Waals surface area contributed by atoms with Crippen LogP contribution in [0.4, 0.5) is 0 Å². The van der Waals surface area contributed by atoms with Crippen LogP contribution in [0.25, 0.3) is 10.9 Å². The average molecular weight is 285 g/mol. The summed E-state index contributed by atoms with van der Waals surface area (Å²) >= 11 is 0. The zero-order valence-electron chi connectivity index (χ0n) is 12.9. The summed E-state index contributed by atoms with van der Waals surface area (Å²) in [6.45, 7) is 6.29. The van der Waals surface area contributed by atoms with Crippen LogP contribution in [0.2, 0.25) is 0 Å². The minimum Gasteiger partial charge on any atom is -0.339 e. The maximum absolute atomic E-state index is 12.6. The number of hydrogen-bond acceptors (Lipinski definition) is 2. The Hall–Kier alpha value is -1.84. The lowest BCUT2D eigenvalue weighted by Crippen LogP contribution is -2.42. The van der Waals surface area contributed by atoms with Gasteiger partial charge in [0.1, 0.15) is 0 Å². The van der Waals surface area contributed by atoms with Gasteiger partial charge in [0.2, 0.25) is 0 Å². The molecule has 0 unspecified atom stereocenters. The number of piperidine rings is 1. The first-order chi connectivity index (χ1) is 10.2. The topological polar surface area (TPSA) is 49.0 Å². The lowest BCUT2D eigenvalue weighted by molar-refractivity contribution is 0.0558. The van der Waals surface area contributed by atoms with Crippen molar-refractivity contribution in [3.8, 4) is 0 Å². The predicted molar refractivity (Wildman–Crippen MR) is 84.2 cm³/mol. The summed E-state index contributed by atoms with van der Waals surface area (Å²) in [6.07, 6.45) is 6.45. The van der Waals surface area contributed by atoms with Gasteiger partial charge in [-0.05, 0) is 30.4 Å². The Labute approximate surface area is 125 Å². The van der Waals surface area contributed by atoms with Crippen LogP contribution in [0.5, 0.6) is 0 Å². The molecule has 2 aromatic rings. The van der Waals surface area contributed by atoms with E-state index in [0.717, 1.165) is 42.4 Å². The highest BCUT2D eigenvalue weighted by atomic mass is 16.2. The summed E-state index contributed by atoms with van der Waals surface area (Å²) in [6, 6.07) is 5.77. The molecule has 1 N–H and O–H groups in total. The van der Waals surface area contributed by atoms with Gasteiger partial charge in [0.05, 0.1) is 11.7 Å². The van der Waals surface area contributed by atoms with Crippen LogP contribution in [0, 0.1) is 5.41 Å². The Morgan fingerprint density at radius 2 is 2.00 bits per heavy atom. The number of amides is 1. The third kappa shape index (κ3) is 2.55.